The van der Waals surface area contributed by atoms with E-state index in [1.165, 1.54) is 5.69 Å². The minimum atomic E-state index is -0.456. The Morgan fingerprint density at radius 2 is 1.67 bits per heavy atom. The lowest BCUT2D eigenvalue weighted by Gasteiger charge is -2.39. The highest BCUT2D eigenvalue weighted by Gasteiger charge is 2.36. The fourth-order valence-electron chi connectivity index (χ4n) is 7.33. The summed E-state index contributed by atoms with van der Waals surface area (Å²) in [6.07, 6.45) is 5.50. The second-order valence-electron chi connectivity index (χ2n) is 14.3. The van der Waals surface area contributed by atoms with E-state index in [1.54, 1.807) is 18.2 Å². The van der Waals surface area contributed by atoms with Gasteiger partial charge in [0.2, 0.25) is 0 Å². The van der Waals surface area contributed by atoms with Crippen molar-refractivity contribution in [2.45, 2.75) is 83.6 Å². The third kappa shape index (κ3) is 7.56. The summed E-state index contributed by atoms with van der Waals surface area (Å²) in [7, 11) is 0. The number of piperazine rings is 1. The van der Waals surface area contributed by atoms with Gasteiger partial charge in [0, 0.05) is 75.7 Å². The van der Waals surface area contributed by atoms with Gasteiger partial charge in [0.05, 0.1) is 16.7 Å². The molecular formula is C36H46ClN5O4. The van der Waals surface area contributed by atoms with E-state index in [2.05, 4.69) is 32.9 Å². The Bertz CT molecular complexity index is 1460. The zero-order valence-electron chi connectivity index (χ0n) is 27.3. The van der Waals surface area contributed by atoms with E-state index in [1.807, 2.05) is 31.7 Å². The molecule has 0 unspecified atom stereocenters. The van der Waals surface area contributed by atoms with Crippen molar-refractivity contribution in [1.82, 2.24) is 14.7 Å². The number of nitrogens with zero attached hydrogens (tertiary/aromatic N) is 5. The molecular weight excluding hydrogens is 602 g/mol. The predicted molar refractivity (Wildman–Crippen MR) is 178 cm³/mol. The van der Waals surface area contributed by atoms with Crippen LogP contribution in [0.4, 0.5) is 10.5 Å². The molecule has 0 spiro atoms. The molecule has 1 saturated carbocycles. The number of ether oxygens (including phenoxy) is 2. The van der Waals surface area contributed by atoms with E-state index in [9.17, 15) is 9.59 Å². The smallest absolute Gasteiger partial charge is 0.410 e. The number of likely N-dealkylation sites (tertiary alicyclic amines) is 1. The minimum absolute atomic E-state index is 0.0793. The highest BCUT2D eigenvalue weighted by molar-refractivity contribution is 6.31. The Hall–Kier alpha value is -3.48. The van der Waals surface area contributed by atoms with Crippen molar-refractivity contribution in [3.05, 3.63) is 58.1 Å². The van der Waals surface area contributed by atoms with Gasteiger partial charge in [-0.1, -0.05) is 11.6 Å². The number of benzene rings is 2. The lowest BCUT2D eigenvalue weighted by atomic mass is 9.92. The lowest BCUT2D eigenvalue weighted by Crippen LogP contribution is -2.49. The van der Waals surface area contributed by atoms with Crippen molar-refractivity contribution < 1.29 is 19.1 Å². The number of anilines is 1. The molecule has 2 amide bonds. The average molecular weight is 648 g/mol. The van der Waals surface area contributed by atoms with Crippen molar-refractivity contribution in [1.29, 1.82) is 5.26 Å². The molecule has 0 radical (unpaired) electrons. The molecule has 0 bridgehead atoms. The lowest BCUT2D eigenvalue weighted by molar-refractivity contribution is 0.0168. The van der Waals surface area contributed by atoms with Crippen molar-refractivity contribution in [2.75, 3.05) is 50.7 Å². The maximum atomic E-state index is 13.4. The summed E-state index contributed by atoms with van der Waals surface area (Å²) < 4.78 is 11.7. The van der Waals surface area contributed by atoms with Gasteiger partial charge in [0.15, 0.2) is 0 Å². The van der Waals surface area contributed by atoms with Gasteiger partial charge in [-0.2, -0.15) is 5.26 Å². The quantitative estimate of drug-likeness (QED) is 0.362. The van der Waals surface area contributed by atoms with Gasteiger partial charge in [0.25, 0.3) is 5.91 Å². The number of rotatable bonds is 6. The second-order valence-corrected chi connectivity index (χ2v) is 14.7. The van der Waals surface area contributed by atoms with E-state index in [0.717, 1.165) is 95.5 Å². The van der Waals surface area contributed by atoms with Gasteiger partial charge in [-0.3, -0.25) is 9.69 Å². The first-order chi connectivity index (χ1) is 22.1. The van der Waals surface area contributed by atoms with Crippen LogP contribution in [0.3, 0.4) is 0 Å². The minimum Gasteiger partial charge on any atom is -0.490 e. The molecule has 0 N–H and O–H groups in total. The van der Waals surface area contributed by atoms with Crippen LogP contribution in [0, 0.1) is 17.2 Å². The number of amides is 2. The van der Waals surface area contributed by atoms with E-state index in [4.69, 9.17) is 26.3 Å². The monoisotopic (exact) mass is 647 g/mol. The average Bonchev–Trinajstić information content (AvgIpc) is 3.37. The van der Waals surface area contributed by atoms with Crippen LogP contribution in [0.15, 0.2) is 36.4 Å². The van der Waals surface area contributed by atoms with E-state index >= 15 is 0 Å². The Balaban J connectivity index is 0.950. The van der Waals surface area contributed by atoms with Gasteiger partial charge in [-0.25, -0.2) is 4.79 Å². The van der Waals surface area contributed by atoms with Crippen LogP contribution in [-0.2, 0) is 11.3 Å². The molecule has 246 valence electrons. The van der Waals surface area contributed by atoms with Crippen molar-refractivity contribution in [3.63, 3.8) is 0 Å². The van der Waals surface area contributed by atoms with Gasteiger partial charge >= 0.3 is 6.09 Å². The summed E-state index contributed by atoms with van der Waals surface area (Å²) in [5.41, 5.74) is 3.16. The number of piperidine rings is 1. The molecule has 4 aliphatic rings. The fourth-order valence-corrected chi connectivity index (χ4v) is 7.54. The maximum absolute atomic E-state index is 13.4. The topological polar surface area (TPSA) is 89.3 Å². The molecule has 46 heavy (non-hydrogen) atoms. The third-order valence-corrected chi connectivity index (χ3v) is 10.2. The molecule has 9 nitrogen and oxygen atoms in total. The SMILES string of the molecule is CC(C)(C)OC(=O)N1CCC(CN2CCN(c3ccc4c(c3)CN(C3CCC(Oc5ccc(C#N)c(Cl)c5)CC3)C4=O)CC2)CC1. The first-order valence-corrected chi connectivity index (χ1v) is 17.2. The molecule has 10 heteroatoms. The van der Waals surface area contributed by atoms with Crippen LogP contribution in [0.2, 0.25) is 5.02 Å². The highest BCUT2D eigenvalue weighted by Crippen LogP contribution is 2.35. The summed E-state index contributed by atoms with van der Waals surface area (Å²) in [6, 6.07) is 13.9. The van der Waals surface area contributed by atoms with Crippen molar-refractivity contribution in [2.24, 2.45) is 5.92 Å². The van der Waals surface area contributed by atoms with Gasteiger partial charge < -0.3 is 24.2 Å². The Morgan fingerprint density at radius 1 is 0.957 bits per heavy atom. The van der Waals surface area contributed by atoms with Gasteiger partial charge in [-0.15, -0.1) is 0 Å². The van der Waals surface area contributed by atoms with Crippen molar-refractivity contribution in [3.8, 4) is 11.8 Å². The van der Waals surface area contributed by atoms with Crippen LogP contribution in [0.1, 0.15) is 80.8 Å². The number of carbonyl (C=O) groups is 2. The molecule has 3 heterocycles. The number of halogens is 1. The Morgan fingerprint density at radius 3 is 2.33 bits per heavy atom. The van der Waals surface area contributed by atoms with Crippen LogP contribution in [-0.4, -0.2) is 90.3 Å². The van der Waals surface area contributed by atoms with E-state index in [-0.39, 0.29) is 24.1 Å². The van der Waals surface area contributed by atoms with E-state index < -0.39 is 5.60 Å². The Labute approximate surface area is 278 Å². The largest absolute Gasteiger partial charge is 0.490 e. The summed E-state index contributed by atoms with van der Waals surface area (Å²) in [4.78, 5) is 34.8. The van der Waals surface area contributed by atoms with Crippen LogP contribution >= 0.6 is 11.6 Å². The zero-order valence-corrected chi connectivity index (χ0v) is 28.1. The molecule has 1 aliphatic carbocycles. The number of hydrogen-bond acceptors (Lipinski definition) is 7. The highest BCUT2D eigenvalue weighted by atomic mass is 35.5. The molecule has 3 aliphatic heterocycles. The zero-order chi connectivity index (χ0) is 32.4. The third-order valence-electron chi connectivity index (χ3n) is 9.89. The molecule has 3 fully saturated rings. The molecule has 6 rings (SSSR count). The fraction of sp³-hybridized carbons (Fsp3) is 0.583. The summed E-state index contributed by atoms with van der Waals surface area (Å²) >= 11 is 6.18. The molecule has 2 saturated heterocycles. The summed E-state index contributed by atoms with van der Waals surface area (Å²) in [5, 5.41) is 9.52. The first-order valence-electron chi connectivity index (χ1n) is 16.8. The predicted octanol–water partition coefficient (Wildman–Crippen LogP) is 6.33. The van der Waals surface area contributed by atoms with Crippen LogP contribution in [0.25, 0.3) is 0 Å². The van der Waals surface area contributed by atoms with Crippen LogP contribution in [0.5, 0.6) is 5.75 Å². The number of fused-ring (bicyclic) bond motifs is 1. The van der Waals surface area contributed by atoms with Crippen molar-refractivity contribution >= 4 is 29.3 Å². The molecule has 0 aromatic heterocycles. The van der Waals surface area contributed by atoms with Gasteiger partial charge in [-0.05, 0) is 101 Å². The first kappa shape index (κ1) is 32.5. The standard InChI is InChI=1S/C36H46ClN5O4/c1-36(2,3)46-35(44)41-14-12-25(13-15-41)23-39-16-18-40(19-17-39)29-7-11-32-27(20-29)24-42(34(32)43)28-5-9-30(10-6-28)45-31-8-4-26(22-38)33(37)21-31/h4,7-8,11,20-21,25,28,30H,5-6,9-10,12-19,23-24H2,1-3H3. The number of carbonyl (C=O) groups excluding carboxylic acids is 2. The number of nitriles is 1. The Kier molecular flexibility index (Phi) is 9.67. The number of hydrogen-bond donors (Lipinski definition) is 0. The maximum Gasteiger partial charge on any atom is 0.410 e. The van der Waals surface area contributed by atoms with E-state index in [0.29, 0.717) is 28.8 Å². The molecule has 2 aromatic carbocycles. The molecule has 2 aromatic rings. The van der Waals surface area contributed by atoms with Crippen LogP contribution < -0.4 is 9.64 Å². The summed E-state index contributed by atoms with van der Waals surface area (Å²) in [5.74, 6) is 1.44. The normalized spacial score (nSPS) is 22.8. The summed E-state index contributed by atoms with van der Waals surface area (Å²) in [6.45, 7) is 13.0. The molecule has 0 atom stereocenters. The van der Waals surface area contributed by atoms with Gasteiger partial charge in [0.1, 0.15) is 17.4 Å². The second kappa shape index (κ2) is 13.7.